The topological polar surface area (TPSA) is 141 Å². The molecule has 0 aromatic carbocycles. The number of hydrogen-bond acceptors (Lipinski definition) is 6. The van der Waals surface area contributed by atoms with Gasteiger partial charge >= 0.3 is 11.9 Å². The van der Waals surface area contributed by atoms with Crippen LogP contribution in [0.25, 0.3) is 0 Å². The highest BCUT2D eigenvalue weighted by Crippen LogP contribution is 1.92. The van der Waals surface area contributed by atoms with Crippen LogP contribution in [0.15, 0.2) is 0 Å². The minimum Gasteiger partial charge on any atom is -0.479 e. The summed E-state index contributed by atoms with van der Waals surface area (Å²) in [5.74, 6) is -2.75. The van der Waals surface area contributed by atoms with Crippen LogP contribution < -0.4 is 5.73 Å². The van der Waals surface area contributed by atoms with E-state index in [1.807, 2.05) is 0 Å². The van der Waals surface area contributed by atoms with Crippen molar-refractivity contribution in [1.82, 2.24) is 0 Å². The van der Waals surface area contributed by atoms with Gasteiger partial charge in [0.2, 0.25) is 0 Å². The number of rotatable bonds is 4. The average molecular weight is 227 g/mol. The summed E-state index contributed by atoms with van der Waals surface area (Å²) in [4.78, 5) is 19.5. The highest BCUT2D eigenvalue weighted by molar-refractivity contribution is 7.80. The molecule has 0 aliphatic carbocycles. The molecule has 0 aromatic rings. The van der Waals surface area contributed by atoms with Crippen molar-refractivity contribution in [3.8, 4) is 0 Å². The Balaban J connectivity index is 0. The molecule has 8 heteroatoms. The fraction of sp³-hybridized carbons (Fsp3) is 0.667. The van der Waals surface area contributed by atoms with Crippen LogP contribution in [0, 0.1) is 0 Å². The maximum Gasteiger partial charge on any atom is 0.335 e. The lowest BCUT2D eigenvalue weighted by molar-refractivity contribution is -0.165. The Morgan fingerprint density at radius 1 is 1.14 bits per heavy atom. The molecule has 6 N–H and O–H groups in total. The van der Waals surface area contributed by atoms with Crippen LogP contribution in [0.4, 0.5) is 0 Å². The molecule has 0 aliphatic rings. The Morgan fingerprint density at radius 2 is 1.36 bits per heavy atom. The Labute approximate surface area is 85.6 Å². The molecule has 0 radical (unpaired) electrons. The summed E-state index contributed by atoms with van der Waals surface area (Å²) in [5, 5.41) is 32.5. The number of carboxylic acids is 2. The number of hydrogen-bond donors (Lipinski definition) is 6. The Bertz CT molecular complexity index is 167. The fourth-order valence-corrected chi connectivity index (χ4v) is 0.270. The van der Waals surface area contributed by atoms with Crippen LogP contribution in [0.2, 0.25) is 0 Å². The zero-order valence-corrected chi connectivity index (χ0v) is 8.09. The first-order chi connectivity index (χ1) is 6.38. The van der Waals surface area contributed by atoms with Crippen molar-refractivity contribution in [2.75, 3.05) is 12.3 Å². The van der Waals surface area contributed by atoms with E-state index in [-0.39, 0.29) is 0 Å². The fourth-order valence-electron chi connectivity index (χ4n) is 0.270. The van der Waals surface area contributed by atoms with Gasteiger partial charge in [0.1, 0.15) is 0 Å². The van der Waals surface area contributed by atoms with E-state index in [1.165, 1.54) is 0 Å². The molecular formula is C6H13NO6S. The number of aliphatic carboxylic acids is 2. The molecule has 0 aliphatic heterocycles. The second kappa shape index (κ2) is 8.75. The number of carbonyl (C=O) groups is 2. The van der Waals surface area contributed by atoms with E-state index in [0.717, 1.165) is 5.75 Å². The number of thiol groups is 1. The normalized spacial score (nSPS) is 13.4. The molecule has 84 valence electrons. The summed E-state index contributed by atoms with van der Waals surface area (Å²) in [5.41, 5.74) is 4.95. The van der Waals surface area contributed by atoms with Gasteiger partial charge < -0.3 is 26.2 Å². The lowest BCUT2D eigenvalue weighted by Crippen LogP contribution is -2.39. The van der Waals surface area contributed by atoms with Crippen LogP contribution in [-0.4, -0.2) is 56.9 Å². The van der Waals surface area contributed by atoms with Crippen LogP contribution in [0.1, 0.15) is 0 Å². The van der Waals surface area contributed by atoms with Crippen LogP contribution in [0.3, 0.4) is 0 Å². The number of aliphatic hydroxyl groups excluding tert-OH is 2. The Hall–Kier alpha value is -0.830. The summed E-state index contributed by atoms with van der Waals surface area (Å²) in [6.07, 6.45) is -4.53. The van der Waals surface area contributed by atoms with E-state index in [0.29, 0.717) is 6.54 Å². The summed E-state index contributed by atoms with van der Waals surface area (Å²) >= 11 is 3.80. The van der Waals surface area contributed by atoms with Crippen molar-refractivity contribution in [1.29, 1.82) is 0 Å². The van der Waals surface area contributed by atoms with Gasteiger partial charge in [-0.25, -0.2) is 9.59 Å². The smallest absolute Gasteiger partial charge is 0.335 e. The van der Waals surface area contributed by atoms with E-state index in [9.17, 15) is 9.59 Å². The minimum absolute atomic E-state index is 0.684. The van der Waals surface area contributed by atoms with E-state index in [1.54, 1.807) is 0 Å². The molecule has 0 saturated carbocycles. The Kier molecular flexibility index (Phi) is 9.78. The van der Waals surface area contributed by atoms with Gasteiger partial charge in [0.25, 0.3) is 0 Å². The van der Waals surface area contributed by atoms with Gasteiger partial charge in [0.05, 0.1) is 0 Å². The minimum atomic E-state index is -2.27. The third-order valence-electron chi connectivity index (χ3n) is 0.934. The summed E-state index contributed by atoms with van der Waals surface area (Å²) in [6.45, 7) is 0.684. The quantitative estimate of drug-likeness (QED) is 0.298. The maximum absolute atomic E-state index is 9.77. The summed E-state index contributed by atoms with van der Waals surface area (Å²) in [6, 6.07) is 0. The van der Waals surface area contributed by atoms with Crippen molar-refractivity contribution in [3.05, 3.63) is 0 Å². The zero-order valence-electron chi connectivity index (χ0n) is 7.20. The third-order valence-corrected chi connectivity index (χ3v) is 1.19. The van der Waals surface area contributed by atoms with Crippen molar-refractivity contribution < 1.29 is 30.0 Å². The van der Waals surface area contributed by atoms with Gasteiger partial charge in [-0.05, 0) is 0 Å². The highest BCUT2D eigenvalue weighted by Gasteiger charge is 2.29. The molecule has 0 heterocycles. The second-order valence-electron chi connectivity index (χ2n) is 2.08. The molecule has 0 fully saturated rings. The van der Waals surface area contributed by atoms with Crippen molar-refractivity contribution in [3.63, 3.8) is 0 Å². The molecule has 14 heavy (non-hydrogen) atoms. The molecule has 0 aromatic heterocycles. The van der Waals surface area contributed by atoms with E-state index < -0.39 is 24.1 Å². The predicted octanol–water partition coefficient (Wildman–Crippen LogP) is -2.25. The van der Waals surface area contributed by atoms with Crippen LogP contribution in [-0.2, 0) is 9.59 Å². The first kappa shape index (κ1) is 15.6. The van der Waals surface area contributed by atoms with Crippen LogP contribution >= 0.6 is 12.6 Å². The lowest BCUT2D eigenvalue weighted by atomic mass is 10.2. The first-order valence-electron chi connectivity index (χ1n) is 3.51. The van der Waals surface area contributed by atoms with Gasteiger partial charge in [-0.2, -0.15) is 12.6 Å². The van der Waals surface area contributed by atoms with Crippen molar-refractivity contribution in [2.45, 2.75) is 12.2 Å². The monoisotopic (exact) mass is 227 g/mol. The maximum atomic E-state index is 9.77. The summed E-state index contributed by atoms with van der Waals surface area (Å²) < 4.78 is 0. The second-order valence-corrected chi connectivity index (χ2v) is 2.53. The average Bonchev–Trinajstić information content (AvgIpc) is 2.15. The molecule has 0 amide bonds. The molecule has 0 saturated heterocycles. The molecule has 2 atom stereocenters. The van der Waals surface area contributed by atoms with Gasteiger partial charge in [-0.3, -0.25) is 0 Å². The number of nitrogens with two attached hydrogens (primary N) is 1. The van der Waals surface area contributed by atoms with Gasteiger partial charge in [0, 0.05) is 12.3 Å². The van der Waals surface area contributed by atoms with Gasteiger partial charge in [0.15, 0.2) is 12.2 Å². The first-order valence-corrected chi connectivity index (χ1v) is 4.14. The van der Waals surface area contributed by atoms with E-state index in [4.69, 9.17) is 26.2 Å². The standard InChI is InChI=1S/C4H6O6.C2H7NS/c5-1(3(7)8)2(6)4(9)10;3-1-2-4/h1-2,5-6H,(H,7,8)(H,9,10);4H,1-3H2. The molecule has 0 rings (SSSR count). The SMILES string of the molecule is NCCS.O=C(O)C(O)C(O)C(=O)O. The molecule has 2 unspecified atom stereocenters. The number of aliphatic hydroxyl groups is 2. The summed E-state index contributed by atoms with van der Waals surface area (Å²) in [7, 11) is 0. The predicted molar refractivity (Wildman–Crippen MR) is 50.2 cm³/mol. The van der Waals surface area contributed by atoms with E-state index >= 15 is 0 Å². The zero-order chi connectivity index (χ0) is 11.7. The molecular weight excluding hydrogens is 214 g/mol. The highest BCUT2D eigenvalue weighted by atomic mass is 32.1. The largest absolute Gasteiger partial charge is 0.479 e. The Morgan fingerprint density at radius 3 is 1.43 bits per heavy atom. The van der Waals surface area contributed by atoms with Gasteiger partial charge in [-0.1, -0.05) is 0 Å². The molecule has 0 bridgehead atoms. The number of carboxylic acid groups (broad SMARTS) is 2. The molecule has 7 nitrogen and oxygen atoms in total. The van der Waals surface area contributed by atoms with Crippen molar-refractivity contribution >= 4 is 24.6 Å². The molecule has 0 spiro atoms. The van der Waals surface area contributed by atoms with Crippen molar-refractivity contribution in [2.24, 2.45) is 5.73 Å². The van der Waals surface area contributed by atoms with Crippen LogP contribution in [0.5, 0.6) is 0 Å². The lowest BCUT2D eigenvalue weighted by Gasteiger charge is -2.07. The van der Waals surface area contributed by atoms with E-state index in [2.05, 4.69) is 12.6 Å². The van der Waals surface area contributed by atoms with Gasteiger partial charge in [-0.15, -0.1) is 0 Å². The third kappa shape index (κ3) is 7.80.